The number of hydrogen-bond donors (Lipinski definition) is 2. The topological polar surface area (TPSA) is 103 Å². The molecule has 0 saturated carbocycles. The normalized spacial score (nSPS) is 17.7. The Morgan fingerprint density at radius 1 is 1.05 bits per heavy atom. The molecule has 10 heteroatoms. The summed E-state index contributed by atoms with van der Waals surface area (Å²) in [5.41, 5.74) is 2.51. The Balaban J connectivity index is 1.27. The van der Waals surface area contributed by atoms with Crippen molar-refractivity contribution in [3.05, 3.63) is 65.0 Å². The van der Waals surface area contributed by atoms with Crippen molar-refractivity contribution in [2.24, 2.45) is 4.99 Å². The maximum Gasteiger partial charge on any atom is 0.319 e. The van der Waals surface area contributed by atoms with Gasteiger partial charge in [0.2, 0.25) is 0 Å². The molecule has 4 amide bonds. The summed E-state index contributed by atoms with van der Waals surface area (Å²) in [5, 5.41) is 5.17. The van der Waals surface area contributed by atoms with Gasteiger partial charge < -0.3 is 20.3 Å². The molecule has 2 aromatic rings. The number of nitrogens with zero attached hydrogens (tertiary/aromatic N) is 3. The SMILES string of the molecule is CC(C)=NC(=O)c1cccc(CN2CCN(C(=O)c3ccc(NC(=O)NCC4CCCO4)c(F)c3)CC2)c1. The summed E-state index contributed by atoms with van der Waals surface area (Å²) in [6.07, 6.45) is 1.85. The van der Waals surface area contributed by atoms with Crippen LogP contribution in [0.2, 0.25) is 0 Å². The molecular weight excluding hydrogens is 489 g/mol. The van der Waals surface area contributed by atoms with Crippen LogP contribution in [-0.4, -0.2) is 78.8 Å². The van der Waals surface area contributed by atoms with Gasteiger partial charge in [0.05, 0.1) is 11.8 Å². The van der Waals surface area contributed by atoms with E-state index in [0.29, 0.717) is 57.2 Å². The average molecular weight is 524 g/mol. The fourth-order valence-corrected chi connectivity index (χ4v) is 4.55. The smallest absolute Gasteiger partial charge is 0.319 e. The molecule has 2 aliphatic rings. The van der Waals surface area contributed by atoms with E-state index < -0.39 is 11.8 Å². The standard InChI is InChI=1S/C28H34FN5O4/c1-19(2)31-26(35)21-6-3-5-20(15-21)18-33-10-12-34(13-11-33)27(36)22-8-9-25(24(29)16-22)32-28(37)30-17-23-7-4-14-38-23/h3,5-6,8-9,15-16,23H,4,7,10-14,17-18H2,1-2H3,(H2,30,32,37). The zero-order valence-corrected chi connectivity index (χ0v) is 21.8. The molecule has 1 atom stereocenters. The van der Waals surface area contributed by atoms with Gasteiger partial charge in [-0.15, -0.1) is 0 Å². The molecule has 0 radical (unpaired) electrons. The first-order valence-electron chi connectivity index (χ1n) is 12.9. The Morgan fingerprint density at radius 2 is 1.84 bits per heavy atom. The number of aliphatic imine (C=N–C) groups is 1. The Labute approximate surface area is 222 Å². The van der Waals surface area contributed by atoms with Crippen molar-refractivity contribution in [3.8, 4) is 0 Å². The highest BCUT2D eigenvalue weighted by Gasteiger charge is 2.23. The molecule has 0 aromatic heterocycles. The van der Waals surface area contributed by atoms with Crippen molar-refractivity contribution in [1.29, 1.82) is 0 Å². The van der Waals surface area contributed by atoms with Crippen molar-refractivity contribution < 1.29 is 23.5 Å². The summed E-state index contributed by atoms with van der Waals surface area (Å²) in [4.78, 5) is 45.2. The summed E-state index contributed by atoms with van der Waals surface area (Å²) in [5.74, 6) is -1.17. The van der Waals surface area contributed by atoms with Gasteiger partial charge in [-0.3, -0.25) is 14.5 Å². The molecular formula is C28H34FN5O4. The van der Waals surface area contributed by atoms with Crippen LogP contribution in [0.3, 0.4) is 0 Å². The maximum absolute atomic E-state index is 14.7. The highest BCUT2D eigenvalue weighted by Crippen LogP contribution is 2.19. The Kier molecular flexibility index (Phi) is 9.19. The zero-order chi connectivity index (χ0) is 27.1. The van der Waals surface area contributed by atoms with E-state index in [0.717, 1.165) is 24.5 Å². The Morgan fingerprint density at radius 3 is 2.53 bits per heavy atom. The molecule has 2 aromatic carbocycles. The molecule has 2 fully saturated rings. The van der Waals surface area contributed by atoms with Gasteiger partial charge in [0.25, 0.3) is 11.8 Å². The molecule has 38 heavy (non-hydrogen) atoms. The third-order valence-electron chi connectivity index (χ3n) is 6.54. The lowest BCUT2D eigenvalue weighted by Gasteiger charge is -2.35. The number of amides is 4. The molecule has 2 saturated heterocycles. The number of halogens is 1. The maximum atomic E-state index is 14.7. The fourth-order valence-electron chi connectivity index (χ4n) is 4.55. The molecule has 0 aliphatic carbocycles. The van der Waals surface area contributed by atoms with Gasteiger partial charge in [0.1, 0.15) is 5.82 Å². The number of nitrogens with one attached hydrogen (secondary N) is 2. The first-order chi connectivity index (χ1) is 18.3. The van der Waals surface area contributed by atoms with Crippen LogP contribution in [0, 0.1) is 5.82 Å². The number of carbonyl (C=O) groups is 3. The monoisotopic (exact) mass is 523 g/mol. The second-order valence-electron chi connectivity index (χ2n) is 9.80. The summed E-state index contributed by atoms with van der Waals surface area (Å²) < 4.78 is 20.1. The van der Waals surface area contributed by atoms with E-state index in [4.69, 9.17) is 4.74 Å². The van der Waals surface area contributed by atoms with E-state index in [1.54, 1.807) is 24.8 Å². The number of benzene rings is 2. The third kappa shape index (κ3) is 7.45. The summed E-state index contributed by atoms with van der Waals surface area (Å²) in [6.45, 7) is 7.61. The second kappa shape index (κ2) is 12.7. The molecule has 2 heterocycles. The fraction of sp³-hybridized carbons (Fsp3) is 0.429. The van der Waals surface area contributed by atoms with Gasteiger partial charge in [0.15, 0.2) is 0 Å². The summed E-state index contributed by atoms with van der Waals surface area (Å²) >= 11 is 0. The lowest BCUT2D eigenvalue weighted by Crippen LogP contribution is -2.48. The Hall–Kier alpha value is -3.63. The third-order valence-corrected chi connectivity index (χ3v) is 6.54. The molecule has 2 N–H and O–H groups in total. The molecule has 0 bridgehead atoms. The van der Waals surface area contributed by atoms with E-state index in [2.05, 4.69) is 20.5 Å². The minimum atomic E-state index is -0.668. The van der Waals surface area contributed by atoms with Crippen molar-refractivity contribution in [2.45, 2.75) is 39.3 Å². The van der Waals surface area contributed by atoms with Crippen LogP contribution >= 0.6 is 0 Å². The molecule has 2 aliphatic heterocycles. The van der Waals surface area contributed by atoms with E-state index in [1.165, 1.54) is 12.1 Å². The number of rotatable bonds is 7. The minimum absolute atomic E-state index is 0.00900. The van der Waals surface area contributed by atoms with Crippen LogP contribution in [0.1, 0.15) is 53.0 Å². The zero-order valence-electron chi connectivity index (χ0n) is 21.8. The highest BCUT2D eigenvalue weighted by molar-refractivity contribution is 6.02. The largest absolute Gasteiger partial charge is 0.376 e. The van der Waals surface area contributed by atoms with E-state index in [-0.39, 0.29) is 29.2 Å². The van der Waals surface area contributed by atoms with Crippen molar-refractivity contribution in [3.63, 3.8) is 0 Å². The van der Waals surface area contributed by atoms with Gasteiger partial charge in [-0.1, -0.05) is 12.1 Å². The number of piperazine rings is 1. The van der Waals surface area contributed by atoms with E-state index in [9.17, 15) is 18.8 Å². The quantitative estimate of drug-likeness (QED) is 0.539. The first-order valence-corrected chi connectivity index (χ1v) is 12.9. The van der Waals surface area contributed by atoms with Crippen LogP contribution < -0.4 is 10.6 Å². The number of ether oxygens (including phenoxy) is 1. The number of urea groups is 1. The van der Waals surface area contributed by atoms with Gasteiger partial charge in [-0.05, 0) is 62.6 Å². The molecule has 0 spiro atoms. The summed E-state index contributed by atoms with van der Waals surface area (Å²) in [7, 11) is 0. The lowest BCUT2D eigenvalue weighted by molar-refractivity contribution is 0.0627. The van der Waals surface area contributed by atoms with Crippen LogP contribution in [0.4, 0.5) is 14.9 Å². The predicted octanol–water partition coefficient (Wildman–Crippen LogP) is 3.71. The molecule has 9 nitrogen and oxygen atoms in total. The van der Waals surface area contributed by atoms with Gasteiger partial charge >= 0.3 is 6.03 Å². The molecule has 202 valence electrons. The van der Waals surface area contributed by atoms with Crippen molar-refractivity contribution in [1.82, 2.24) is 15.1 Å². The lowest BCUT2D eigenvalue weighted by atomic mass is 10.1. The van der Waals surface area contributed by atoms with E-state index >= 15 is 0 Å². The highest BCUT2D eigenvalue weighted by atomic mass is 19.1. The van der Waals surface area contributed by atoms with Gasteiger partial charge in [-0.25, -0.2) is 14.2 Å². The van der Waals surface area contributed by atoms with Crippen LogP contribution in [-0.2, 0) is 11.3 Å². The van der Waals surface area contributed by atoms with Crippen LogP contribution in [0.5, 0.6) is 0 Å². The number of carbonyl (C=O) groups excluding carboxylic acids is 3. The minimum Gasteiger partial charge on any atom is -0.376 e. The van der Waals surface area contributed by atoms with E-state index in [1.807, 2.05) is 18.2 Å². The second-order valence-corrected chi connectivity index (χ2v) is 9.80. The van der Waals surface area contributed by atoms with Crippen LogP contribution in [0.25, 0.3) is 0 Å². The van der Waals surface area contributed by atoms with Crippen LogP contribution in [0.15, 0.2) is 47.5 Å². The number of anilines is 1. The molecule has 1 unspecified atom stereocenters. The van der Waals surface area contributed by atoms with Crippen molar-refractivity contribution >= 4 is 29.2 Å². The van der Waals surface area contributed by atoms with Gasteiger partial charge in [0, 0.05) is 62.7 Å². The number of hydrogen-bond acceptors (Lipinski definition) is 5. The summed E-state index contributed by atoms with van der Waals surface area (Å²) in [6, 6.07) is 11.0. The Bertz CT molecular complexity index is 1200. The van der Waals surface area contributed by atoms with Crippen molar-refractivity contribution in [2.75, 3.05) is 44.6 Å². The van der Waals surface area contributed by atoms with Gasteiger partial charge in [-0.2, -0.15) is 0 Å². The first kappa shape index (κ1) is 27.4. The molecule has 4 rings (SSSR count). The average Bonchev–Trinajstić information content (AvgIpc) is 3.42. The predicted molar refractivity (Wildman–Crippen MR) is 143 cm³/mol.